The van der Waals surface area contributed by atoms with Crippen LogP contribution in [-0.4, -0.2) is 16.8 Å². The summed E-state index contributed by atoms with van der Waals surface area (Å²) in [6, 6.07) is 31.1. The fraction of sp³-hybridized carbons (Fsp3) is 0.0769. The van der Waals surface area contributed by atoms with Gasteiger partial charge in [0.15, 0.2) is 0 Å². The van der Waals surface area contributed by atoms with Gasteiger partial charge in [0, 0.05) is 11.4 Å². The average Bonchev–Trinajstić information content (AvgIpc) is 2.83. The minimum Gasteiger partial charge on any atom is -0.280 e. The van der Waals surface area contributed by atoms with Crippen LogP contribution in [0.1, 0.15) is 11.1 Å². The Hall–Kier alpha value is -3.62. The van der Waals surface area contributed by atoms with Gasteiger partial charge in [-0.15, -0.1) is 0 Å². The molecule has 0 aromatic heterocycles. The third-order valence-electron chi connectivity index (χ3n) is 4.71. The molecule has 0 fully saturated rings. The van der Waals surface area contributed by atoms with E-state index in [0.717, 1.165) is 11.1 Å². The van der Waals surface area contributed by atoms with Gasteiger partial charge >= 0.3 is 0 Å². The first-order valence-electron chi connectivity index (χ1n) is 10.4. The fourth-order valence-corrected chi connectivity index (χ4v) is 5.03. The van der Waals surface area contributed by atoms with Gasteiger partial charge in [0.1, 0.15) is 0 Å². The van der Waals surface area contributed by atoms with Crippen molar-refractivity contribution < 1.29 is 16.8 Å². The lowest BCUT2D eigenvalue weighted by Crippen LogP contribution is -2.12. The SMILES string of the molecule is Cc1ccc(NS(=O)(=O)c2ccccc2)cc1.Cc1ccc(NS(=O)(=O)c2ccccc2)cc1. The van der Waals surface area contributed by atoms with Gasteiger partial charge in [-0.1, -0.05) is 71.8 Å². The first kappa shape index (κ1) is 25.0. The van der Waals surface area contributed by atoms with Crippen molar-refractivity contribution in [3.05, 3.63) is 120 Å². The van der Waals surface area contributed by atoms with E-state index in [1.54, 1.807) is 84.9 Å². The molecular formula is C26H26N2O4S2. The summed E-state index contributed by atoms with van der Waals surface area (Å²) in [6.07, 6.45) is 0. The van der Waals surface area contributed by atoms with Gasteiger partial charge in [-0.05, 0) is 62.4 Å². The van der Waals surface area contributed by atoms with Gasteiger partial charge in [0.2, 0.25) is 0 Å². The van der Waals surface area contributed by atoms with Crippen LogP contribution in [0.2, 0.25) is 0 Å². The lowest BCUT2D eigenvalue weighted by atomic mass is 10.2. The van der Waals surface area contributed by atoms with Gasteiger partial charge in [0.25, 0.3) is 20.0 Å². The largest absolute Gasteiger partial charge is 0.280 e. The number of nitrogens with one attached hydrogen (secondary N) is 2. The number of anilines is 2. The highest BCUT2D eigenvalue weighted by Crippen LogP contribution is 2.17. The van der Waals surface area contributed by atoms with E-state index in [0.29, 0.717) is 11.4 Å². The molecule has 34 heavy (non-hydrogen) atoms. The first-order chi connectivity index (χ1) is 16.2. The molecule has 0 spiro atoms. The molecule has 0 saturated heterocycles. The Morgan fingerprint density at radius 1 is 0.441 bits per heavy atom. The number of rotatable bonds is 6. The van der Waals surface area contributed by atoms with Gasteiger partial charge < -0.3 is 0 Å². The van der Waals surface area contributed by atoms with Crippen LogP contribution in [0.15, 0.2) is 119 Å². The average molecular weight is 495 g/mol. The summed E-state index contributed by atoms with van der Waals surface area (Å²) < 4.78 is 53.0. The van der Waals surface area contributed by atoms with E-state index in [1.165, 1.54) is 0 Å². The molecule has 4 rings (SSSR count). The summed E-state index contributed by atoms with van der Waals surface area (Å²) in [7, 11) is -6.95. The van der Waals surface area contributed by atoms with E-state index in [1.807, 2.05) is 38.1 Å². The molecule has 176 valence electrons. The highest BCUT2D eigenvalue weighted by Gasteiger charge is 2.13. The summed E-state index contributed by atoms with van der Waals surface area (Å²) in [6.45, 7) is 3.91. The third kappa shape index (κ3) is 7.19. The topological polar surface area (TPSA) is 92.3 Å². The molecule has 4 aromatic carbocycles. The summed E-state index contributed by atoms with van der Waals surface area (Å²) in [5, 5.41) is 0. The molecule has 2 N–H and O–H groups in total. The lowest BCUT2D eigenvalue weighted by Gasteiger charge is -2.07. The smallest absolute Gasteiger partial charge is 0.261 e. The van der Waals surface area contributed by atoms with Crippen LogP contribution in [-0.2, 0) is 20.0 Å². The highest BCUT2D eigenvalue weighted by atomic mass is 32.2. The maximum atomic E-state index is 12.0. The van der Waals surface area contributed by atoms with Crippen molar-refractivity contribution >= 4 is 31.4 Å². The van der Waals surface area contributed by atoms with E-state index < -0.39 is 20.0 Å². The Labute approximate surface area is 201 Å². The second-order valence-corrected chi connectivity index (χ2v) is 10.9. The van der Waals surface area contributed by atoms with Crippen molar-refractivity contribution in [2.24, 2.45) is 0 Å². The number of hydrogen-bond acceptors (Lipinski definition) is 4. The van der Waals surface area contributed by atoms with Crippen molar-refractivity contribution in [2.75, 3.05) is 9.44 Å². The van der Waals surface area contributed by atoms with E-state index in [2.05, 4.69) is 9.44 Å². The molecule has 0 bridgehead atoms. The molecule has 0 aliphatic heterocycles. The molecular weight excluding hydrogens is 468 g/mol. The molecule has 0 atom stereocenters. The number of aryl methyl sites for hydroxylation is 2. The summed E-state index contributed by atoms with van der Waals surface area (Å²) in [5.41, 5.74) is 3.32. The second-order valence-electron chi connectivity index (χ2n) is 7.57. The predicted molar refractivity (Wildman–Crippen MR) is 137 cm³/mol. The van der Waals surface area contributed by atoms with Crippen LogP contribution in [0.5, 0.6) is 0 Å². The monoisotopic (exact) mass is 494 g/mol. The Morgan fingerprint density at radius 3 is 1.03 bits per heavy atom. The summed E-state index contributed by atoms with van der Waals surface area (Å²) >= 11 is 0. The van der Waals surface area contributed by atoms with Crippen molar-refractivity contribution in [1.29, 1.82) is 0 Å². The van der Waals surface area contributed by atoms with Gasteiger partial charge in [-0.2, -0.15) is 0 Å². The van der Waals surface area contributed by atoms with E-state index >= 15 is 0 Å². The Morgan fingerprint density at radius 2 is 0.735 bits per heavy atom. The summed E-state index contributed by atoms with van der Waals surface area (Å²) in [4.78, 5) is 0.529. The minimum atomic E-state index is -3.48. The number of hydrogen-bond donors (Lipinski definition) is 2. The number of sulfonamides is 2. The second kappa shape index (κ2) is 11.0. The van der Waals surface area contributed by atoms with Gasteiger partial charge in [-0.3, -0.25) is 9.44 Å². The molecule has 0 aliphatic carbocycles. The first-order valence-corrected chi connectivity index (χ1v) is 13.4. The van der Waals surface area contributed by atoms with E-state index in [9.17, 15) is 16.8 Å². The Balaban J connectivity index is 0.000000191. The van der Waals surface area contributed by atoms with Crippen LogP contribution in [0.4, 0.5) is 11.4 Å². The molecule has 6 nitrogen and oxygen atoms in total. The van der Waals surface area contributed by atoms with Crippen LogP contribution in [0.3, 0.4) is 0 Å². The zero-order valence-corrected chi connectivity index (χ0v) is 20.5. The third-order valence-corrected chi connectivity index (χ3v) is 7.51. The quantitative estimate of drug-likeness (QED) is 0.365. The molecule has 0 heterocycles. The zero-order chi connectivity index (χ0) is 24.6. The fourth-order valence-electron chi connectivity index (χ4n) is 2.87. The van der Waals surface area contributed by atoms with Crippen LogP contribution >= 0.6 is 0 Å². The van der Waals surface area contributed by atoms with Crippen LogP contribution in [0.25, 0.3) is 0 Å². The zero-order valence-electron chi connectivity index (χ0n) is 18.8. The van der Waals surface area contributed by atoms with Crippen LogP contribution < -0.4 is 9.44 Å². The van der Waals surface area contributed by atoms with E-state index in [-0.39, 0.29) is 9.79 Å². The summed E-state index contributed by atoms with van der Waals surface area (Å²) in [5.74, 6) is 0. The molecule has 4 aromatic rings. The Bertz CT molecular complexity index is 1290. The number of benzene rings is 4. The van der Waals surface area contributed by atoms with Crippen molar-refractivity contribution in [3.8, 4) is 0 Å². The maximum Gasteiger partial charge on any atom is 0.261 e. The Kier molecular flexibility index (Phi) is 8.09. The van der Waals surface area contributed by atoms with Gasteiger partial charge in [-0.25, -0.2) is 16.8 Å². The highest BCUT2D eigenvalue weighted by molar-refractivity contribution is 7.93. The van der Waals surface area contributed by atoms with Crippen molar-refractivity contribution in [2.45, 2.75) is 23.6 Å². The lowest BCUT2D eigenvalue weighted by molar-refractivity contribution is 0.599. The van der Waals surface area contributed by atoms with Crippen molar-refractivity contribution in [3.63, 3.8) is 0 Å². The van der Waals surface area contributed by atoms with Crippen molar-refractivity contribution in [1.82, 2.24) is 0 Å². The van der Waals surface area contributed by atoms with Gasteiger partial charge in [0.05, 0.1) is 9.79 Å². The molecule has 0 saturated carbocycles. The molecule has 0 amide bonds. The molecule has 0 radical (unpaired) electrons. The minimum absolute atomic E-state index is 0.264. The predicted octanol–water partition coefficient (Wildman–Crippen LogP) is 5.59. The van der Waals surface area contributed by atoms with E-state index in [4.69, 9.17) is 0 Å². The normalized spacial score (nSPS) is 11.1. The molecule has 0 aliphatic rings. The van der Waals surface area contributed by atoms with Crippen LogP contribution in [0, 0.1) is 13.8 Å². The molecule has 0 unspecified atom stereocenters. The standard InChI is InChI=1S/2C13H13NO2S/c2*1-11-7-9-12(10-8-11)14-17(15,16)13-5-3-2-4-6-13/h2*2-10,14H,1H3. The maximum absolute atomic E-state index is 12.0. The molecule has 8 heteroatoms.